The highest BCUT2D eigenvalue weighted by atomic mass is 16.1. The third kappa shape index (κ3) is 5.01. The molecule has 0 rings (SSSR count). The lowest BCUT2D eigenvalue weighted by molar-refractivity contribution is -0.112. The van der Waals surface area contributed by atoms with Gasteiger partial charge in [0.15, 0.2) is 5.78 Å². The van der Waals surface area contributed by atoms with E-state index in [0.717, 1.165) is 5.57 Å². The van der Waals surface area contributed by atoms with E-state index in [-0.39, 0.29) is 5.78 Å². The average molecular weight is 205 g/mol. The monoisotopic (exact) mass is 205 g/mol. The molecule has 0 heterocycles. The zero-order chi connectivity index (χ0) is 11.8. The van der Waals surface area contributed by atoms with E-state index in [1.54, 1.807) is 24.3 Å². The molecule has 0 atom stereocenters. The highest BCUT2D eigenvalue weighted by molar-refractivity contribution is 6.09. The first-order valence-electron chi connectivity index (χ1n) is 4.88. The molecular formula is C13H19NO. The molecule has 0 saturated heterocycles. The summed E-state index contributed by atoms with van der Waals surface area (Å²) in [4.78, 5) is 13.7. The molecule has 0 aromatic carbocycles. The summed E-state index contributed by atoms with van der Waals surface area (Å²) >= 11 is 0. The van der Waals surface area contributed by atoms with Gasteiger partial charge < -0.3 is 4.90 Å². The maximum absolute atomic E-state index is 11.9. The Kier molecular flexibility index (Phi) is 6.11. The summed E-state index contributed by atoms with van der Waals surface area (Å²) in [6, 6.07) is 0. The van der Waals surface area contributed by atoms with E-state index in [1.165, 1.54) is 0 Å². The molecule has 0 aliphatic rings. The maximum atomic E-state index is 11.9. The molecule has 0 spiro atoms. The van der Waals surface area contributed by atoms with E-state index in [4.69, 9.17) is 0 Å². The Morgan fingerprint density at radius 3 is 2.33 bits per heavy atom. The van der Waals surface area contributed by atoms with Crippen molar-refractivity contribution >= 4 is 5.78 Å². The van der Waals surface area contributed by atoms with E-state index in [9.17, 15) is 4.79 Å². The van der Waals surface area contributed by atoms with Gasteiger partial charge in [-0.2, -0.15) is 0 Å². The zero-order valence-electron chi connectivity index (χ0n) is 9.95. The number of hydrogen-bond donors (Lipinski definition) is 0. The summed E-state index contributed by atoms with van der Waals surface area (Å²) in [6.45, 7) is 7.24. The molecule has 0 aliphatic heterocycles. The van der Waals surface area contributed by atoms with Crippen LogP contribution in [0.4, 0.5) is 0 Å². The molecule has 0 aliphatic carbocycles. The van der Waals surface area contributed by atoms with Crippen LogP contribution in [0, 0.1) is 0 Å². The predicted molar refractivity (Wildman–Crippen MR) is 65.5 cm³/mol. The van der Waals surface area contributed by atoms with Crippen molar-refractivity contribution in [2.45, 2.75) is 13.8 Å². The average Bonchev–Trinajstić information content (AvgIpc) is 2.17. The van der Waals surface area contributed by atoms with Crippen LogP contribution in [0.2, 0.25) is 0 Å². The van der Waals surface area contributed by atoms with Crippen LogP contribution in [0.3, 0.4) is 0 Å². The first-order chi connectivity index (χ1) is 7.02. The Labute approximate surface area is 92.3 Å². The zero-order valence-corrected chi connectivity index (χ0v) is 9.95. The second-order valence-electron chi connectivity index (χ2n) is 3.44. The largest absolute Gasteiger partial charge is 0.383 e. The van der Waals surface area contributed by atoms with Crippen molar-refractivity contribution in [3.63, 3.8) is 0 Å². The van der Waals surface area contributed by atoms with Gasteiger partial charge in [-0.05, 0) is 13.8 Å². The minimum atomic E-state index is 0.0456. The number of rotatable bonds is 5. The smallest absolute Gasteiger partial charge is 0.189 e. The standard InChI is InChI=1S/C13H19NO/c1-6-8-9-12(7-2)13(15)11(3)10-14(4)5/h6-10H,1H2,2-5H3/b9-8-,11-10+,12-7+. The Balaban J connectivity index is 4.83. The molecule has 15 heavy (non-hydrogen) atoms. The summed E-state index contributed by atoms with van der Waals surface area (Å²) in [5.74, 6) is 0.0456. The van der Waals surface area contributed by atoms with Gasteiger partial charge in [-0.15, -0.1) is 0 Å². The highest BCUT2D eigenvalue weighted by Gasteiger charge is 2.07. The van der Waals surface area contributed by atoms with Crippen molar-refractivity contribution in [3.05, 3.63) is 48.2 Å². The normalized spacial score (nSPS) is 13.1. The molecule has 2 nitrogen and oxygen atoms in total. The van der Waals surface area contributed by atoms with Crippen molar-refractivity contribution in [1.29, 1.82) is 0 Å². The fraction of sp³-hybridized carbons (Fsp3) is 0.308. The Bertz CT molecular complexity index is 319. The number of carbonyl (C=O) groups is 1. The fourth-order valence-corrected chi connectivity index (χ4v) is 1.15. The summed E-state index contributed by atoms with van der Waals surface area (Å²) in [5.41, 5.74) is 1.41. The third-order valence-corrected chi connectivity index (χ3v) is 1.80. The molecule has 0 unspecified atom stereocenters. The van der Waals surface area contributed by atoms with Crippen LogP contribution in [0.5, 0.6) is 0 Å². The Hall–Kier alpha value is -1.57. The van der Waals surface area contributed by atoms with Gasteiger partial charge in [0, 0.05) is 31.4 Å². The van der Waals surface area contributed by atoms with Gasteiger partial charge in [0.25, 0.3) is 0 Å². The van der Waals surface area contributed by atoms with E-state index >= 15 is 0 Å². The van der Waals surface area contributed by atoms with Gasteiger partial charge in [0.05, 0.1) is 0 Å². The van der Waals surface area contributed by atoms with Gasteiger partial charge in [-0.25, -0.2) is 0 Å². The topological polar surface area (TPSA) is 20.3 Å². The molecular weight excluding hydrogens is 186 g/mol. The number of ketones is 1. The first kappa shape index (κ1) is 13.4. The van der Waals surface area contributed by atoms with Crippen LogP contribution >= 0.6 is 0 Å². The number of hydrogen-bond acceptors (Lipinski definition) is 2. The van der Waals surface area contributed by atoms with Gasteiger partial charge in [-0.1, -0.05) is 30.9 Å². The first-order valence-corrected chi connectivity index (χ1v) is 4.88. The summed E-state index contributed by atoms with van der Waals surface area (Å²) < 4.78 is 0. The molecule has 0 radical (unpaired) electrons. The molecule has 0 aromatic rings. The number of nitrogens with zero attached hydrogens (tertiary/aromatic N) is 1. The Morgan fingerprint density at radius 1 is 1.33 bits per heavy atom. The molecule has 0 amide bonds. The highest BCUT2D eigenvalue weighted by Crippen LogP contribution is 2.07. The minimum absolute atomic E-state index is 0.0456. The van der Waals surface area contributed by atoms with Crippen LogP contribution in [-0.4, -0.2) is 24.8 Å². The van der Waals surface area contributed by atoms with Crippen LogP contribution in [0.1, 0.15) is 13.8 Å². The predicted octanol–water partition coefficient (Wildman–Crippen LogP) is 2.71. The molecule has 82 valence electrons. The van der Waals surface area contributed by atoms with Crippen molar-refractivity contribution in [2.75, 3.05) is 14.1 Å². The van der Waals surface area contributed by atoms with Crippen LogP contribution in [-0.2, 0) is 4.79 Å². The number of allylic oxidation sites excluding steroid dienone is 6. The van der Waals surface area contributed by atoms with Crippen LogP contribution in [0.15, 0.2) is 48.2 Å². The summed E-state index contributed by atoms with van der Waals surface area (Å²) in [6.07, 6.45) is 8.79. The second kappa shape index (κ2) is 6.82. The van der Waals surface area contributed by atoms with Gasteiger partial charge in [-0.3, -0.25) is 4.79 Å². The minimum Gasteiger partial charge on any atom is -0.383 e. The third-order valence-electron chi connectivity index (χ3n) is 1.80. The van der Waals surface area contributed by atoms with Crippen LogP contribution < -0.4 is 0 Å². The molecule has 0 saturated carbocycles. The van der Waals surface area contributed by atoms with Crippen molar-refractivity contribution < 1.29 is 4.79 Å². The molecule has 2 heteroatoms. The molecule has 0 aromatic heterocycles. The molecule has 0 fully saturated rings. The van der Waals surface area contributed by atoms with E-state index in [2.05, 4.69) is 6.58 Å². The summed E-state index contributed by atoms with van der Waals surface area (Å²) in [7, 11) is 3.79. The quantitative estimate of drug-likeness (QED) is 0.508. The lowest BCUT2D eigenvalue weighted by Crippen LogP contribution is -2.08. The number of Topliss-reactive ketones (excluding diaryl/α,β-unsaturated/α-hetero) is 1. The van der Waals surface area contributed by atoms with E-state index in [1.807, 2.05) is 39.0 Å². The van der Waals surface area contributed by atoms with Gasteiger partial charge in [0.1, 0.15) is 0 Å². The Morgan fingerprint density at radius 2 is 1.93 bits per heavy atom. The maximum Gasteiger partial charge on any atom is 0.189 e. The SMILES string of the molecule is C=C/C=C\C(=C/C)C(=O)/C(C)=C/N(C)C. The lowest BCUT2D eigenvalue weighted by atomic mass is 10.0. The van der Waals surface area contributed by atoms with E-state index in [0.29, 0.717) is 5.57 Å². The van der Waals surface area contributed by atoms with Crippen molar-refractivity contribution in [1.82, 2.24) is 4.90 Å². The molecule has 0 N–H and O–H groups in total. The van der Waals surface area contributed by atoms with Crippen LogP contribution in [0.25, 0.3) is 0 Å². The van der Waals surface area contributed by atoms with Crippen molar-refractivity contribution in [2.24, 2.45) is 0 Å². The summed E-state index contributed by atoms with van der Waals surface area (Å²) in [5, 5.41) is 0. The fourth-order valence-electron chi connectivity index (χ4n) is 1.15. The van der Waals surface area contributed by atoms with E-state index < -0.39 is 0 Å². The van der Waals surface area contributed by atoms with Gasteiger partial charge in [0.2, 0.25) is 0 Å². The van der Waals surface area contributed by atoms with Crippen molar-refractivity contribution in [3.8, 4) is 0 Å². The second-order valence-corrected chi connectivity index (χ2v) is 3.44. The van der Waals surface area contributed by atoms with Gasteiger partial charge >= 0.3 is 0 Å². The molecule has 0 bridgehead atoms. The number of carbonyl (C=O) groups excluding carboxylic acids is 1. The lowest BCUT2D eigenvalue weighted by Gasteiger charge is -2.07.